The number of rotatable bonds is 5. The van der Waals surface area contributed by atoms with Gasteiger partial charge < -0.3 is 10.2 Å². The van der Waals surface area contributed by atoms with Crippen molar-refractivity contribution in [1.82, 2.24) is 4.31 Å². The van der Waals surface area contributed by atoms with E-state index in [1.54, 1.807) is 18.2 Å². The Morgan fingerprint density at radius 1 is 0.818 bits per heavy atom. The van der Waals surface area contributed by atoms with Crippen LogP contribution in [0.15, 0.2) is 71.6 Å². The van der Waals surface area contributed by atoms with E-state index >= 15 is 0 Å². The number of anilines is 2. The maximum Gasteiger partial charge on any atom is 0.255 e. The zero-order valence-electron chi connectivity index (χ0n) is 19.2. The van der Waals surface area contributed by atoms with Crippen LogP contribution in [0, 0.1) is 20.8 Å². The standard InChI is InChI=1S/C26H29N3O3S/c1-19-16-20(2)25(21(3)17-19)27-26(30)22-8-7-11-24(18-22)33(31,32)29-14-12-28(13-15-29)23-9-5-4-6-10-23/h4-11,16-18H,12-15H2,1-3H3,(H,27,30). The number of hydrogen-bond donors (Lipinski definition) is 1. The lowest BCUT2D eigenvalue weighted by molar-refractivity contribution is 0.102. The topological polar surface area (TPSA) is 69.7 Å². The van der Waals surface area contributed by atoms with E-state index in [9.17, 15) is 13.2 Å². The highest BCUT2D eigenvalue weighted by Crippen LogP contribution is 2.24. The fraction of sp³-hybridized carbons (Fsp3) is 0.269. The summed E-state index contributed by atoms with van der Waals surface area (Å²) in [6, 6.07) is 20.3. The molecule has 3 aromatic carbocycles. The van der Waals surface area contributed by atoms with Crippen LogP contribution in [0.4, 0.5) is 11.4 Å². The number of nitrogens with zero attached hydrogens (tertiary/aromatic N) is 2. The first kappa shape index (κ1) is 23.0. The van der Waals surface area contributed by atoms with E-state index in [0.717, 1.165) is 28.1 Å². The first-order valence-electron chi connectivity index (χ1n) is 11.0. The largest absolute Gasteiger partial charge is 0.369 e. The quantitative estimate of drug-likeness (QED) is 0.610. The number of aryl methyl sites for hydroxylation is 3. The van der Waals surface area contributed by atoms with E-state index in [0.29, 0.717) is 31.7 Å². The molecule has 1 heterocycles. The molecule has 1 fully saturated rings. The van der Waals surface area contributed by atoms with Gasteiger partial charge in [-0.2, -0.15) is 4.31 Å². The van der Waals surface area contributed by atoms with E-state index in [1.807, 2.05) is 63.2 Å². The molecule has 4 rings (SSSR count). The second-order valence-electron chi connectivity index (χ2n) is 8.48. The minimum Gasteiger partial charge on any atom is -0.369 e. The first-order valence-corrected chi connectivity index (χ1v) is 12.5. The van der Waals surface area contributed by atoms with E-state index in [2.05, 4.69) is 10.2 Å². The van der Waals surface area contributed by atoms with Gasteiger partial charge in [-0.05, 0) is 62.2 Å². The SMILES string of the molecule is Cc1cc(C)c(NC(=O)c2cccc(S(=O)(=O)N3CCN(c4ccccc4)CC3)c2)c(C)c1. The second-order valence-corrected chi connectivity index (χ2v) is 10.4. The molecule has 1 N–H and O–H groups in total. The summed E-state index contributed by atoms with van der Waals surface area (Å²) in [5, 5.41) is 2.95. The Labute approximate surface area is 195 Å². The number of nitrogens with one attached hydrogen (secondary N) is 1. The Hall–Kier alpha value is -3.16. The smallest absolute Gasteiger partial charge is 0.255 e. The van der Waals surface area contributed by atoms with Gasteiger partial charge in [-0.3, -0.25) is 4.79 Å². The monoisotopic (exact) mass is 463 g/mol. The number of hydrogen-bond acceptors (Lipinski definition) is 4. The van der Waals surface area contributed by atoms with Crippen LogP contribution in [-0.4, -0.2) is 44.8 Å². The van der Waals surface area contributed by atoms with Crippen LogP contribution < -0.4 is 10.2 Å². The van der Waals surface area contributed by atoms with Crippen molar-refractivity contribution in [1.29, 1.82) is 0 Å². The zero-order valence-corrected chi connectivity index (χ0v) is 20.0. The molecule has 0 radical (unpaired) electrons. The van der Waals surface area contributed by atoms with E-state index in [1.165, 1.54) is 10.4 Å². The zero-order chi connectivity index (χ0) is 23.6. The number of para-hydroxylation sites is 1. The van der Waals surface area contributed by atoms with Crippen molar-refractivity contribution in [2.45, 2.75) is 25.7 Å². The fourth-order valence-corrected chi connectivity index (χ4v) is 5.80. The van der Waals surface area contributed by atoms with Crippen molar-refractivity contribution in [3.05, 3.63) is 89.0 Å². The van der Waals surface area contributed by atoms with Gasteiger partial charge in [-0.1, -0.05) is 42.0 Å². The summed E-state index contributed by atoms with van der Waals surface area (Å²) >= 11 is 0. The highest BCUT2D eigenvalue weighted by molar-refractivity contribution is 7.89. The normalized spacial score (nSPS) is 14.8. The second kappa shape index (κ2) is 9.37. The molecule has 3 aromatic rings. The van der Waals surface area contributed by atoms with Gasteiger partial charge in [-0.15, -0.1) is 0 Å². The fourth-order valence-electron chi connectivity index (χ4n) is 4.34. The minimum absolute atomic E-state index is 0.140. The van der Waals surface area contributed by atoms with Crippen LogP contribution in [0.3, 0.4) is 0 Å². The lowest BCUT2D eigenvalue weighted by Crippen LogP contribution is -2.48. The molecule has 1 aliphatic heterocycles. The molecule has 0 spiro atoms. The Morgan fingerprint density at radius 3 is 2.09 bits per heavy atom. The molecule has 1 amide bonds. The summed E-state index contributed by atoms with van der Waals surface area (Å²) in [7, 11) is -3.69. The average Bonchev–Trinajstić information content (AvgIpc) is 2.82. The number of sulfonamides is 1. The minimum atomic E-state index is -3.69. The van der Waals surface area contributed by atoms with Crippen molar-refractivity contribution in [2.75, 3.05) is 36.4 Å². The molecule has 172 valence electrons. The third-order valence-electron chi connectivity index (χ3n) is 6.01. The summed E-state index contributed by atoms with van der Waals surface area (Å²) in [4.78, 5) is 15.3. The van der Waals surface area contributed by atoms with Gasteiger partial charge in [-0.25, -0.2) is 8.42 Å². The van der Waals surface area contributed by atoms with Gasteiger partial charge in [0.15, 0.2) is 0 Å². The molecule has 33 heavy (non-hydrogen) atoms. The molecule has 1 aliphatic rings. The van der Waals surface area contributed by atoms with Gasteiger partial charge in [0.2, 0.25) is 10.0 Å². The van der Waals surface area contributed by atoms with Gasteiger partial charge in [0.25, 0.3) is 5.91 Å². The van der Waals surface area contributed by atoms with Crippen molar-refractivity contribution in [2.24, 2.45) is 0 Å². The van der Waals surface area contributed by atoms with Gasteiger partial charge in [0.05, 0.1) is 4.90 Å². The van der Waals surface area contributed by atoms with Gasteiger partial charge in [0.1, 0.15) is 0 Å². The Bertz CT molecular complexity index is 1240. The third kappa shape index (κ3) is 4.94. The lowest BCUT2D eigenvalue weighted by atomic mass is 10.0. The number of benzene rings is 3. The van der Waals surface area contributed by atoms with Crippen LogP contribution in [0.5, 0.6) is 0 Å². The summed E-state index contributed by atoms with van der Waals surface area (Å²) in [6.07, 6.45) is 0. The van der Waals surface area contributed by atoms with Crippen LogP contribution in [-0.2, 0) is 10.0 Å². The van der Waals surface area contributed by atoms with Crippen LogP contribution in [0.1, 0.15) is 27.0 Å². The summed E-state index contributed by atoms with van der Waals surface area (Å²) in [5.74, 6) is -0.323. The number of carbonyl (C=O) groups is 1. The Kier molecular flexibility index (Phi) is 6.54. The molecule has 0 unspecified atom stereocenters. The van der Waals surface area contributed by atoms with Crippen molar-refractivity contribution >= 4 is 27.3 Å². The number of carbonyl (C=O) groups excluding carboxylic acids is 1. The number of piperazine rings is 1. The average molecular weight is 464 g/mol. The van der Waals surface area contributed by atoms with E-state index < -0.39 is 10.0 Å². The van der Waals surface area contributed by atoms with Gasteiger partial charge in [0, 0.05) is 43.1 Å². The van der Waals surface area contributed by atoms with Crippen LogP contribution >= 0.6 is 0 Å². The molecule has 1 saturated heterocycles. The first-order chi connectivity index (χ1) is 15.8. The van der Waals surface area contributed by atoms with Crippen molar-refractivity contribution in [3.8, 4) is 0 Å². The molecule has 0 atom stereocenters. The van der Waals surface area contributed by atoms with Crippen LogP contribution in [0.25, 0.3) is 0 Å². The molecule has 6 nitrogen and oxygen atoms in total. The van der Waals surface area contributed by atoms with E-state index in [4.69, 9.17) is 0 Å². The van der Waals surface area contributed by atoms with Crippen molar-refractivity contribution < 1.29 is 13.2 Å². The molecule has 7 heteroatoms. The molecule has 0 aliphatic carbocycles. The van der Waals surface area contributed by atoms with Crippen LogP contribution in [0.2, 0.25) is 0 Å². The van der Waals surface area contributed by atoms with Gasteiger partial charge >= 0.3 is 0 Å². The predicted octanol–water partition coefficient (Wildman–Crippen LogP) is 4.38. The Morgan fingerprint density at radius 2 is 1.45 bits per heavy atom. The number of amides is 1. The Balaban J connectivity index is 1.49. The molecule has 0 bridgehead atoms. The third-order valence-corrected chi connectivity index (χ3v) is 7.90. The maximum atomic E-state index is 13.3. The summed E-state index contributed by atoms with van der Waals surface area (Å²) in [5.41, 5.74) is 5.24. The van der Waals surface area contributed by atoms with E-state index in [-0.39, 0.29) is 10.8 Å². The van der Waals surface area contributed by atoms with Crippen molar-refractivity contribution in [3.63, 3.8) is 0 Å². The maximum absolute atomic E-state index is 13.3. The summed E-state index contributed by atoms with van der Waals surface area (Å²) in [6.45, 7) is 7.95. The summed E-state index contributed by atoms with van der Waals surface area (Å²) < 4.78 is 28.1. The predicted molar refractivity (Wildman–Crippen MR) is 132 cm³/mol. The molecular weight excluding hydrogens is 434 g/mol. The highest BCUT2D eigenvalue weighted by atomic mass is 32.2. The molecular formula is C26H29N3O3S. The highest BCUT2D eigenvalue weighted by Gasteiger charge is 2.29. The molecule has 0 saturated carbocycles. The molecule has 0 aromatic heterocycles. The lowest BCUT2D eigenvalue weighted by Gasteiger charge is -2.35.